The number of nitrogens with zero attached hydrogens (tertiary/aromatic N) is 5. The van der Waals surface area contributed by atoms with Crippen molar-refractivity contribution in [1.82, 2.24) is 20.3 Å². The van der Waals surface area contributed by atoms with E-state index in [2.05, 4.69) is 15.6 Å². The lowest BCUT2D eigenvalue weighted by Gasteiger charge is -2.21. The Hall–Kier alpha value is -3.17. The van der Waals surface area contributed by atoms with Gasteiger partial charge >= 0.3 is 6.09 Å². The van der Waals surface area contributed by atoms with Crippen molar-refractivity contribution in [3.63, 3.8) is 0 Å². The third-order valence-corrected chi connectivity index (χ3v) is 5.01. The number of carbonyl (C=O) groups is 2. The fourth-order valence-corrected chi connectivity index (χ4v) is 3.61. The first-order chi connectivity index (χ1) is 13.5. The standard InChI is InChI=1S/C18H21FN6O3/c1-12(26)20-9-15-11-24(18(27)28-15)13-2-3-17(16(19)8-13)23-6-4-14(10-23)25-7-5-21-22-25/h2-3,5,7-8,14-15H,4,6,9-11H2,1H3,(H,20,26)/t14?,15-/m0/s1. The van der Waals surface area contributed by atoms with Crippen molar-refractivity contribution in [3.8, 4) is 0 Å². The lowest BCUT2D eigenvalue weighted by molar-refractivity contribution is -0.119. The summed E-state index contributed by atoms with van der Waals surface area (Å²) in [6, 6.07) is 4.90. The van der Waals surface area contributed by atoms with Gasteiger partial charge in [0.15, 0.2) is 0 Å². The predicted octanol–water partition coefficient (Wildman–Crippen LogP) is 1.33. The van der Waals surface area contributed by atoms with Gasteiger partial charge in [-0.1, -0.05) is 5.21 Å². The van der Waals surface area contributed by atoms with Gasteiger partial charge in [-0.05, 0) is 24.6 Å². The summed E-state index contributed by atoms with van der Waals surface area (Å²) in [5.74, 6) is -0.588. The van der Waals surface area contributed by atoms with Gasteiger partial charge < -0.3 is 15.0 Å². The van der Waals surface area contributed by atoms with Crippen LogP contribution in [0.2, 0.25) is 0 Å². The second-order valence-electron chi connectivity index (χ2n) is 6.96. The summed E-state index contributed by atoms with van der Waals surface area (Å²) in [6.07, 6.45) is 3.29. The SMILES string of the molecule is CC(=O)NC[C@H]1CN(c2ccc(N3CCC(n4ccnn4)C3)c(F)c2)C(=O)O1. The topological polar surface area (TPSA) is 92.6 Å². The molecule has 9 nitrogen and oxygen atoms in total. The lowest BCUT2D eigenvalue weighted by Crippen LogP contribution is -2.33. The molecule has 4 rings (SSSR count). The van der Waals surface area contributed by atoms with E-state index < -0.39 is 18.0 Å². The number of halogens is 1. The highest BCUT2D eigenvalue weighted by molar-refractivity contribution is 5.90. The van der Waals surface area contributed by atoms with Gasteiger partial charge in [-0.2, -0.15) is 0 Å². The molecule has 1 unspecified atom stereocenters. The van der Waals surface area contributed by atoms with Crippen LogP contribution < -0.4 is 15.1 Å². The Morgan fingerprint density at radius 1 is 1.39 bits per heavy atom. The summed E-state index contributed by atoms with van der Waals surface area (Å²) >= 11 is 0. The average Bonchev–Trinajstić information content (AvgIpc) is 3.40. The normalized spacial score (nSPS) is 21.9. The third-order valence-electron chi connectivity index (χ3n) is 5.01. The highest BCUT2D eigenvalue weighted by Gasteiger charge is 2.33. The molecule has 1 aromatic heterocycles. The zero-order valence-corrected chi connectivity index (χ0v) is 15.4. The van der Waals surface area contributed by atoms with Gasteiger partial charge in [-0.15, -0.1) is 5.10 Å². The summed E-state index contributed by atoms with van der Waals surface area (Å²) in [5, 5.41) is 10.5. The Balaban J connectivity index is 1.43. The molecule has 2 aliphatic rings. The molecule has 0 spiro atoms. The first-order valence-corrected chi connectivity index (χ1v) is 9.14. The molecule has 1 aromatic carbocycles. The molecule has 2 aromatic rings. The maximum absolute atomic E-state index is 14.8. The molecule has 2 saturated heterocycles. The summed E-state index contributed by atoms with van der Waals surface area (Å²) < 4.78 is 21.8. The Bertz CT molecular complexity index is 874. The lowest BCUT2D eigenvalue weighted by atomic mass is 10.2. The van der Waals surface area contributed by atoms with Crippen LogP contribution in [-0.2, 0) is 9.53 Å². The van der Waals surface area contributed by atoms with E-state index in [0.717, 1.165) is 6.42 Å². The fourth-order valence-electron chi connectivity index (χ4n) is 3.61. The van der Waals surface area contributed by atoms with E-state index in [1.54, 1.807) is 23.0 Å². The van der Waals surface area contributed by atoms with Crippen LogP contribution >= 0.6 is 0 Å². The van der Waals surface area contributed by atoms with Crippen molar-refractivity contribution in [3.05, 3.63) is 36.4 Å². The molecule has 3 heterocycles. The van der Waals surface area contributed by atoms with Gasteiger partial charge in [0.25, 0.3) is 0 Å². The predicted molar refractivity (Wildman–Crippen MR) is 98.6 cm³/mol. The minimum absolute atomic E-state index is 0.157. The average molecular weight is 388 g/mol. The van der Waals surface area contributed by atoms with Crippen molar-refractivity contribution in [2.75, 3.05) is 36.0 Å². The molecule has 10 heteroatoms. The van der Waals surface area contributed by atoms with Crippen LogP contribution in [0.1, 0.15) is 19.4 Å². The molecular formula is C18H21FN6O3. The molecule has 28 heavy (non-hydrogen) atoms. The summed E-state index contributed by atoms with van der Waals surface area (Å²) in [6.45, 7) is 3.25. The van der Waals surface area contributed by atoms with Crippen molar-refractivity contribution in [1.29, 1.82) is 0 Å². The number of anilines is 2. The second-order valence-corrected chi connectivity index (χ2v) is 6.96. The van der Waals surface area contributed by atoms with Crippen LogP contribution in [0.5, 0.6) is 0 Å². The Morgan fingerprint density at radius 3 is 2.96 bits per heavy atom. The highest BCUT2D eigenvalue weighted by atomic mass is 19.1. The zero-order chi connectivity index (χ0) is 19.7. The monoisotopic (exact) mass is 388 g/mol. The minimum atomic E-state index is -0.546. The summed E-state index contributed by atoms with van der Waals surface area (Å²) in [7, 11) is 0. The van der Waals surface area contributed by atoms with Crippen molar-refractivity contribution in [2.45, 2.75) is 25.5 Å². The van der Waals surface area contributed by atoms with E-state index in [9.17, 15) is 14.0 Å². The quantitative estimate of drug-likeness (QED) is 0.831. The van der Waals surface area contributed by atoms with E-state index in [1.165, 1.54) is 17.9 Å². The summed E-state index contributed by atoms with van der Waals surface area (Å²) in [5.41, 5.74) is 0.928. The van der Waals surface area contributed by atoms with Crippen LogP contribution in [-0.4, -0.2) is 59.3 Å². The Morgan fingerprint density at radius 2 is 2.25 bits per heavy atom. The van der Waals surface area contributed by atoms with Crippen molar-refractivity contribution in [2.24, 2.45) is 0 Å². The number of cyclic esters (lactones) is 1. The van der Waals surface area contributed by atoms with Gasteiger partial charge in [0.2, 0.25) is 5.91 Å². The molecule has 0 aliphatic carbocycles. The van der Waals surface area contributed by atoms with Gasteiger partial charge in [0, 0.05) is 26.2 Å². The number of hydrogen-bond donors (Lipinski definition) is 1. The fraction of sp³-hybridized carbons (Fsp3) is 0.444. The van der Waals surface area contributed by atoms with E-state index in [1.807, 2.05) is 11.1 Å². The molecular weight excluding hydrogens is 367 g/mol. The van der Waals surface area contributed by atoms with Gasteiger partial charge in [-0.25, -0.2) is 13.9 Å². The van der Waals surface area contributed by atoms with E-state index in [4.69, 9.17) is 4.74 Å². The number of carbonyl (C=O) groups excluding carboxylic acids is 2. The van der Waals surface area contributed by atoms with E-state index >= 15 is 0 Å². The first-order valence-electron chi connectivity index (χ1n) is 9.14. The molecule has 1 N–H and O–H groups in total. The van der Waals surface area contributed by atoms with Gasteiger partial charge in [0.1, 0.15) is 11.9 Å². The Labute approximate surface area is 161 Å². The van der Waals surface area contributed by atoms with Crippen LogP contribution in [0, 0.1) is 5.82 Å². The van der Waals surface area contributed by atoms with Gasteiger partial charge in [-0.3, -0.25) is 9.69 Å². The van der Waals surface area contributed by atoms with Crippen molar-refractivity contribution < 1.29 is 18.7 Å². The maximum atomic E-state index is 14.8. The Kier molecular flexibility index (Phi) is 4.84. The molecule has 2 aliphatic heterocycles. The first kappa shape index (κ1) is 18.2. The molecule has 0 bridgehead atoms. The van der Waals surface area contributed by atoms with Crippen molar-refractivity contribution >= 4 is 23.4 Å². The van der Waals surface area contributed by atoms with Crippen LogP contribution in [0.4, 0.5) is 20.6 Å². The van der Waals surface area contributed by atoms with Gasteiger partial charge in [0.05, 0.1) is 36.7 Å². The zero-order valence-electron chi connectivity index (χ0n) is 15.4. The number of rotatable bonds is 5. The number of benzene rings is 1. The van der Waals surface area contributed by atoms with E-state index in [-0.39, 0.29) is 25.0 Å². The summed E-state index contributed by atoms with van der Waals surface area (Å²) in [4.78, 5) is 26.5. The largest absolute Gasteiger partial charge is 0.442 e. The van der Waals surface area contributed by atoms with E-state index in [0.29, 0.717) is 24.5 Å². The second kappa shape index (κ2) is 7.45. The van der Waals surface area contributed by atoms with Crippen LogP contribution in [0.3, 0.4) is 0 Å². The molecule has 2 fully saturated rings. The van der Waals surface area contributed by atoms with Crippen LogP contribution in [0.15, 0.2) is 30.6 Å². The highest BCUT2D eigenvalue weighted by Crippen LogP contribution is 2.31. The third kappa shape index (κ3) is 3.62. The molecule has 2 amide bonds. The van der Waals surface area contributed by atoms with Crippen LogP contribution in [0.25, 0.3) is 0 Å². The molecule has 0 radical (unpaired) electrons. The number of amides is 2. The molecule has 0 saturated carbocycles. The number of ether oxygens (including phenoxy) is 1. The number of nitrogens with one attached hydrogen (secondary N) is 1. The molecule has 148 valence electrons. The minimum Gasteiger partial charge on any atom is -0.442 e. The number of aromatic nitrogens is 3. The molecule has 2 atom stereocenters. The smallest absolute Gasteiger partial charge is 0.414 e. The number of hydrogen-bond acceptors (Lipinski definition) is 6. The maximum Gasteiger partial charge on any atom is 0.414 e.